The van der Waals surface area contributed by atoms with Gasteiger partial charge in [-0.25, -0.2) is 0 Å². The molecule has 5 nitrogen and oxygen atoms in total. The summed E-state index contributed by atoms with van der Waals surface area (Å²) in [5.74, 6) is 0.818. The van der Waals surface area contributed by atoms with Gasteiger partial charge in [-0.1, -0.05) is 42.5 Å². The number of fused-ring (bicyclic) bond motifs is 1. The van der Waals surface area contributed by atoms with Gasteiger partial charge in [-0.05, 0) is 48.5 Å². The smallest absolute Gasteiger partial charge is 0.154 e. The minimum absolute atomic E-state index is 0.784. The zero-order chi connectivity index (χ0) is 22.9. The molecule has 5 aromatic rings. The van der Waals surface area contributed by atoms with Gasteiger partial charge in [-0.2, -0.15) is 0 Å². The average Bonchev–Trinajstić information content (AvgIpc) is 3.29. The van der Waals surface area contributed by atoms with Crippen molar-refractivity contribution in [3.63, 3.8) is 0 Å². The molecule has 3 aromatic heterocycles. The Hall–Kier alpha value is -3.96. The van der Waals surface area contributed by atoms with Crippen molar-refractivity contribution < 1.29 is 4.42 Å². The van der Waals surface area contributed by atoms with Gasteiger partial charge in [0.2, 0.25) is 0 Å². The lowest BCUT2D eigenvalue weighted by Crippen LogP contribution is -2.44. The molecular weight excluding hydrogens is 420 g/mol. The Bertz CT molecular complexity index is 1400. The number of likely N-dealkylation sites (N-methyl/N-ethyl adjacent to an activating group) is 1. The molecule has 0 atom stereocenters. The number of pyridine rings is 2. The van der Waals surface area contributed by atoms with Crippen molar-refractivity contribution in [1.29, 1.82) is 0 Å². The van der Waals surface area contributed by atoms with Crippen LogP contribution in [0.3, 0.4) is 0 Å². The first-order chi connectivity index (χ1) is 16.8. The number of anilines is 1. The van der Waals surface area contributed by atoms with Crippen LogP contribution in [0.15, 0.2) is 95.8 Å². The van der Waals surface area contributed by atoms with Gasteiger partial charge in [0.05, 0.1) is 5.56 Å². The zero-order valence-corrected chi connectivity index (χ0v) is 19.2. The molecule has 0 unspecified atom stereocenters. The average molecular weight is 447 g/mol. The molecule has 1 aliphatic heterocycles. The standard InChI is InChI=1S/C29H26N4O/c1-32-15-17-33(18-16-32)25-9-7-21(8-10-25)24-19-26-28(31-20-24)27(22-5-3-2-4-6-22)29(34-26)23-11-13-30-14-12-23/h2-14,19-20H,15-18H2,1H3. The van der Waals surface area contributed by atoms with E-state index in [9.17, 15) is 0 Å². The summed E-state index contributed by atoms with van der Waals surface area (Å²) in [6.07, 6.45) is 5.53. The van der Waals surface area contributed by atoms with Gasteiger partial charge >= 0.3 is 0 Å². The number of hydrogen-bond donors (Lipinski definition) is 0. The largest absolute Gasteiger partial charge is 0.454 e. The quantitative estimate of drug-likeness (QED) is 0.340. The monoisotopic (exact) mass is 446 g/mol. The third-order valence-electron chi connectivity index (χ3n) is 6.60. The zero-order valence-electron chi connectivity index (χ0n) is 19.2. The van der Waals surface area contributed by atoms with E-state index in [1.165, 1.54) is 5.69 Å². The van der Waals surface area contributed by atoms with Gasteiger partial charge in [0, 0.05) is 61.6 Å². The minimum Gasteiger partial charge on any atom is -0.454 e. The fourth-order valence-electron chi connectivity index (χ4n) is 4.65. The first-order valence-electron chi connectivity index (χ1n) is 11.7. The molecule has 0 amide bonds. The summed E-state index contributed by atoms with van der Waals surface area (Å²) in [6.45, 7) is 4.33. The first kappa shape index (κ1) is 20.6. The number of furan rings is 1. The third-order valence-corrected chi connectivity index (χ3v) is 6.60. The highest BCUT2D eigenvalue weighted by molar-refractivity contribution is 6.00. The van der Waals surface area contributed by atoms with Crippen molar-refractivity contribution in [1.82, 2.24) is 14.9 Å². The van der Waals surface area contributed by atoms with Crippen LogP contribution in [0.4, 0.5) is 5.69 Å². The predicted molar refractivity (Wildman–Crippen MR) is 138 cm³/mol. The maximum Gasteiger partial charge on any atom is 0.154 e. The lowest BCUT2D eigenvalue weighted by Gasteiger charge is -2.34. The fourth-order valence-corrected chi connectivity index (χ4v) is 4.65. The van der Waals surface area contributed by atoms with Gasteiger partial charge in [0.15, 0.2) is 5.58 Å². The molecule has 0 spiro atoms. The van der Waals surface area contributed by atoms with Crippen LogP contribution < -0.4 is 4.90 Å². The Kier molecular flexibility index (Phi) is 5.32. The van der Waals surface area contributed by atoms with Gasteiger partial charge in [-0.3, -0.25) is 9.97 Å². The van der Waals surface area contributed by atoms with E-state index in [1.54, 1.807) is 12.4 Å². The molecule has 1 saturated heterocycles. The van der Waals surface area contributed by atoms with E-state index in [0.717, 1.165) is 70.9 Å². The number of benzene rings is 2. The van der Waals surface area contributed by atoms with Crippen LogP contribution in [0.5, 0.6) is 0 Å². The van der Waals surface area contributed by atoms with E-state index in [0.29, 0.717) is 0 Å². The van der Waals surface area contributed by atoms with E-state index in [-0.39, 0.29) is 0 Å². The number of hydrogen-bond acceptors (Lipinski definition) is 5. The Morgan fingerprint density at radius 2 is 1.47 bits per heavy atom. The second kappa shape index (κ2) is 8.76. The number of piperazine rings is 1. The van der Waals surface area contributed by atoms with Crippen molar-refractivity contribution in [3.05, 3.63) is 91.4 Å². The summed E-state index contributed by atoms with van der Waals surface area (Å²) in [5.41, 5.74) is 8.20. The maximum atomic E-state index is 6.43. The lowest BCUT2D eigenvalue weighted by atomic mass is 10.0. The van der Waals surface area contributed by atoms with Crippen LogP contribution in [0, 0.1) is 0 Å². The highest BCUT2D eigenvalue weighted by atomic mass is 16.3. The molecular formula is C29H26N4O. The van der Waals surface area contributed by atoms with Gasteiger partial charge in [0.1, 0.15) is 11.3 Å². The number of rotatable bonds is 4. The topological polar surface area (TPSA) is 45.4 Å². The summed E-state index contributed by atoms with van der Waals surface area (Å²) < 4.78 is 6.43. The van der Waals surface area contributed by atoms with Crippen molar-refractivity contribution in [2.24, 2.45) is 0 Å². The van der Waals surface area contributed by atoms with E-state index in [2.05, 4.69) is 64.3 Å². The summed E-state index contributed by atoms with van der Waals surface area (Å²) >= 11 is 0. The van der Waals surface area contributed by atoms with Crippen LogP contribution in [0.2, 0.25) is 0 Å². The summed E-state index contributed by atoms with van der Waals surface area (Å²) in [6, 6.07) is 25.1. The molecule has 0 bridgehead atoms. The molecule has 1 fully saturated rings. The van der Waals surface area contributed by atoms with Gasteiger partial charge < -0.3 is 14.2 Å². The maximum absolute atomic E-state index is 6.43. The Morgan fingerprint density at radius 3 is 2.21 bits per heavy atom. The van der Waals surface area contributed by atoms with E-state index >= 15 is 0 Å². The molecule has 168 valence electrons. The molecule has 1 aliphatic rings. The molecule has 2 aromatic carbocycles. The van der Waals surface area contributed by atoms with Crippen LogP contribution in [0.25, 0.3) is 44.7 Å². The summed E-state index contributed by atoms with van der Waals surface area (Å²) in [7, 11) is 2.18. The Labute approximate surface area is 199 Å². The van der Waals surface area contributed by atoms with Crippen molar-refractivity contribution in [3.8, 4) is 33.6 Å². The highest BCUT2D eigenvalue weighted by Crippen LogP contribution is 2.40. The van der Waals surface area contributed by atoms with E-state index in [1.807, 2.05) is 36.5 Å². The molecule has 0 saturated carbocycles. The number of aromatic nitrogens is 2. The second-order valence-electron chi connectivity index (χ2n) is 8.82. The molecule has 0 N–H and O–H groups in total. The minimum atomic E-state index is 0.784. The first-order valence-corrected chi connectivity index (χ1v) is 11.7. The summed E-state index contributed by atoms with van der Waals surface area (Å²) in [5, 5.41) is 0. The SMILES string of the molecule is CN1CCN(c2ccc(-c3cnc4c(-c5ccccc5)c(-c5ccncc5)oc4c3)cc2)CC1. The van der Waals surface area contributed by atoms with Crippen molar-refractivity contribution in [2.45, 2.75) is 0 Å². The lowest BCUT2D eigenvalue weighted by molar-refractivity contribution is 0.313. The van der Waals surface area contributed by atoms with Gasteiger partial charge in [-0.15, -0.1) is 0 Å². The van der Waals surface area contributed by atoms with Crippen LogP contribution >= 0.6 is 0 Å². The fraction of sp³-hybridized carbons (Fsp3) is 0.172. The van der Waals surface area contributed by atoms with Crippen molar-refractivity contribution >= 4 is 16.8 Å². The van der Waals surface area contributed by atoms with Gasteiger partial charge in [0.25, 0.3) is 0 Å². The van der Waals surface area contributed by atoms with Crippen molar-refractivity contribution in [2.75, 3.05) is 38.1 Å². The predicted octanol–water partition coefficient (Wildman–Crippen LogP) is 5.98. The summed E-state index contributed by atoms with van der Waals surface area (Å²) in [4.78, 5) is 13.9. The molecule has 6 rings (SSSR count). The molecule has 4 heterocycles. The van der Waals surface area contributed by atoms with E-state index in [4.69, 9.17) is 9.40 Å². The molecule has 34 heavy (non-hydrogen) atoms. The van der Waals surface area contributed by atoms with E-state index < -0.39 is 0 Å². The molecule has 0 radical (unpaired) electrons. The van der Waals surface area contributed by atoms with Crippen LogP contribution in [-0.2, 0) is 0 Å². The third kappa shape index (κ3) is 3.84. The van der Waals surface area contributed by atoms with Crippen LogP contribution in [-0.4, -0.2) is 48.1 Å². The molecule has 5 heteroatoms. The normalized spacial score (nSPS) is 14.6. The number of nitrogens with zero attached hydrogens (tertiary/aromatic N) is 4. The van der Waals surface area contributed by atoms with Crippen LogP contribution in [0.1, 0.15) is 0 Å². The Morgan fingerprint density at radius 1 is 0.735 bits per heavy atom. The Balaban J connectivity index is 1.39. The molecule has 0 aliphatic carbocycles. The highest BCUT2D eigenvalue weighted by Gasteiger charge is 2.20. The second-order valence-corrected chi connectivity index (χ2v) is 8.82.